The van der Waals surface area contributed by atoms with Crippen molar-refractivity contribution in [3.63, 3.8) is 0 Å². The van der Waals surface area contributed by atoms with Gasteiger partial charge >= 0.3 is 0 Å². The van der Waals surface area contributed by atoms with Crippen molar-refractivity contribution in [1.82, 2.24) is 4.90 Å². The summed E-state index contributed by atoms with van der Waals surface area (Å²) in [6.07, 6.45) is 1.86. The van der Waals surface area contributed by atoms with Crippen molar-refractivity contribution >= 4 is 46.4 Å². The molecular weight excluding hydrogens is 405 g/mol. The van der Waals surface area contributed by atoms with Crippen LogP contribution >= 0.6 is 34.8 Å². The number of anilines is 1. The predicted octanol–water partition coefficient (Wildman–Crippen LogP) is 5.53. The average Bonchev–Trinajstić information content (AvgIpc) is 3.37. The van der Waals surface area contributed by atoms with Crippen molar-refractivity contribution in [2.45, 2.75) is 25.4 Å². The maximum Gasteiger partial charge on any atom is 0.238 e. The highest BCUT2D eigenvalue weighted by molar-refractivity contribution is 6.42. The van der Waals surface area contributed by atoms with E-state index in [2.05, 4.69) is 5.32 Å². The molecule has 0 radical (unpaired) electrons. The molecule has 0 aliphatic heterocycles. The molecule has 1 aliphatic carbocycles. The van der Waals surface area contributed by atoms with Crippen molar-refractivity contribution < 1.29 is 13.6 Å². The van der Waals surface area contributed by atoms with Gasteiger partial charge < -0.3 is 5.32 Å². The second-order valence-corrected chi connectivity index (χ2v) is 7.42. The summed E-state index contributed by atoms with van der Waals surface area (Å²) in [5.74, 6) is -1.58. The normalized spacial score (nSPS) is 13.9. The van der Waals surface area contributed by atoms with Crippen LogP contribution in [0.3, 0.4) is 0 Å². The highest BCUT2D eigenvalue weighted by atomic mass is 35.5. The number of halogens is 5. The van der Waals surface area contributed by atoms with Crippen LogP contribution in [0.1, 0.15) is 18.4 Å². The maximum atomic E-state index is 13.9. The van der Waals surface area contributed by atoms with Gasteiger partial charge in [0, 0.05) is 29.2 Å². The van der Waals surface area contributed by atoms with E-state index in [1.54, 1.807) is 0 Å². The molecule has 1 amide bonds. The van der Waals surface area contributed by atoms with Crippen LogP contribution in [0.2, 0.25) is 15.1 Å². The lowest BCUT2D eigenvalue weighted by Gasteiger charge is -2.22. The van der Waals surface area contributed by atoms with Gasteiger partial charge in [0.25, 0.3) is 0 Å². The molecule has 0 unspecified atom stereocenters. The summed E-state index contributed by atoms with van der Waals surface area (Å²) in [4.78, 5) is 14.3. The minimum Gasteiger partial charge on any atom is -0.322 e. The minimum absolute atomic E-state index is 0.0385. The summed E-state index contributed by atoms with van der Waals surface area (Å²) in [6.45, 7) is 0.253. The summed E-state index contributed by atoms with van der Waals surface area (Å²) in [5.41, 5.74) is 0.625. The van der Waals surface area contributed by atoms with E-state index in [1.165, 1.54) is 24.3 Å². The summed E-state index contributed by atoms with van der Waals surface area (Å²) >= 11 is 18.0. The molecule has 1 saturated carbocycles. The highest BCUT2D eigenvalue weighted by Crippen LogP contribution is 2.34. The molecule has 0 bridgehead atoms. The zero-order valence-corrected chi connectivity index (χ0v) is 15.8. The van der Waals surface area contributed by atoms with Gasteiger partial charge in [0.2, 0.25) is 5.91 Å². The van der Waals surface area contributed by atoms with Gasteiger partial charge in [0.05, 0.1) is 22.3 Å². The number of benzene rings is 2. The third-order valence-electron chi connectivity index (χ3n) is 4.07. The first-order chi connectivity index (χ1) is 12.3. The Balaban J connectivity index is 1.69. The molecular formula is C18H15Cl3F2N2O. The smallest absolute Gasteiger partial charge is 0.238 e. The molecule has 0 spiro atoms. The summed E-state index contributed by atoms with van der Waals surface area (Å²) in [5, 5.41) is 3.51. The second kappa shape index (κ2) is 8.09. The standard InChI is InChI=1S/C18H15Cl3F2N2O/c19-11-5-14(20)18(15(21)6-11)24-17(26)9-25(13-3-4-13)8-10-1-2-12(22)7-16(10)23/h1-2,5-7,13H,3-4,8-9H2,(H,24,26). The van der Waals surface area contributed by atoms with E-state index in [0.717, 1.165) is 18.9 Å². The fraction of sp³-hybridized carbons (Fsp3) is 0.278. The van der Waals surface area contributed by atoms with Crippen LogP contribution in [0.5, 0.6) is 0 Å². The molecule has 0 aromatic heterocycles. The van der Waals surface area contributed by atoms with Crippen LogP contribution in [-0.4, -0.2) is 23.4 Å². The molecule has 1 fully saturated rings. The van der Waals surface area contributed by atoms with E-state index in [0.29, 0.717) is 10.6 Å². The van der Waals surface area contributed by atoms with Gasteiger partial charge in [0.1, 0.15) is 11.6 Å². The summed E-state index contributed by atoms with van der Waals surface area (Å²) < 4.78 is 27.0. The lowest BCUT2D eigenvalue weighted by Crippen LogP contribution is -2.34. The Morgan fingerprint density at radius 2 is 1.77 bits per heavy atom. The molecule has 1 N–H and O–H groups in total. The van der Waals surface area contributed by atoms with Crippen LogP contribution < -0.4 is 5.32 Å². The number of carbonyl (C=O) groups is 1. The van der Waals surface area contributed by atoms with Gasteiger partial charge in [-0.15, -0.1) is 0 Å². The molecule has 3 nitrogen and oxygen atoms in total. The number of rotatable bonds is 6. The van der Waals surface area contributed by atoms with E-state index in [-0.39, 0.29) is 40.8 Å². The van der Waals surface area contributed by atoms with Gasteiger partial charge in [-0.05, 0) is 31.0 Å². The quantitative estimate of drug-likeness (QED) is 0.668. The Bertz CT molecular complexity index is 820. The van der Waals surface area contributed by atoms with Crippen molar-refractivity contribution in [2.24, 2.45) is 0 Å². The van der Waals surface area contributed by atoms with Crippen LogP contribution in [0.15, 0.2) is 30.3 Å². The van der Waals surface area contributed by atoms with Crippen molar-refractivity contribution in [3.8, 4) is 0 Å². The number of nitrogens with one attached hydrogen (secondary N) is 1. The lowest BCUT2D eigenvalue weighted by atomic mass is 10.2. The first kappa shape index (κ1) is 19.4. The molecule has 26 heavy (non-hydrogen) atoms. The van der Waals surface area contributed by atoms with Gasteiger partial charge in [-0.3, -0.25) is 9.69 Å². The highest BCUT2D eigenvalue weighted by Gasteiger charge is 2.31. The van der Waals surface area contributed by atoms with Crippen molar-refractivity contribution in [2.75, 3.05) is 11.9 Å². The first-order valence-corrected chi connectivity index (χ1v) is 9.09. The average molecular weight is 420 g/mol. The van der Waals surface area contributed by atoms with Gasteiger partial charge in [0.15, 0.2) is 0 Å². The maximum absolute atomic E-state index is 13.9. The van der Waals surface area contributed by atoms with E-state index in [4.69, 9.17) is 34.8 Å². The minimum atomic E-state index is -0.631. The monoisotopic (exact) mass is 418 g/mol. The first-order valence-electron chi connectivity index (χ1n) is 7.96. The zero-order valence-electron chi connectivity index (χ0n) is 13.5. The molecule has 0 atom stereocenters. The zero-order chi connectivity index (χ0) is 18.8. The van der Waals surface area contributed by atoms with Gasteiger partial charge in [-0.2, -0.15) is 0 Å². The van der Waals surface area contributed by atoms with Gasteiger partial charge in [-0.25, -0.2) is 8.78 Å². The molecule has 138 valence electrons. The number of nitrogens with zero attached hydrogens (tertiary/aromatic N) is 1. The second-order valence-electron chi connectivity index (χ2n) is 6.16. The Labute approximate surface area is 164 Å². The molecule has 0 heterocycles. The third-order valence-corrected chi connectivity index (χ3v) is 4.88. The molecule has 3 rings (SSSR count). The van der Waals surface area contributed by atoms with Crippen molar-refractivity contribution in [3.05, 3.63) is 62.6 Å². The Hall–Kier alpha value is -1.40. The van der Waals surface area contributed by atoms with Crippen LogP contribution in [0, 0.1) is 11.6 Å². The topological polar surface area (TPSA) is 32.3 Å². The molecule has 2 aromatic rings. The fourth-order valence-electron chi connectivity index (χ4n) is 2.65. The Morgan fingerprint density at radius 1 is 1.12 bits per heavy atom. The van der Waals surface area contributed by atoms with E-state index in [9.17, 15) is 13.6 Å². The number of amides is 1. The molecule has 2 aromatic carbocycles. The molecule has 1 aliphatic rings. The van der Waals surface area contributed by atoms with Crippen LogP contribution in [0.4, 0.5) is 14.5 Å². The van der Waals surface area contributed by atoms with E-state index >= 15 is 0 Å². The van der Waals surface area contributed by atoms with E-state index < -0.39 is 11.6 Å². The van der Waals surface area contributed by atoms with E-state index in [1.807, 2.05) is 4.90 Å². The lowest BCUT2D eigenvalue weighted by molar-refractivity contribution is -0.117. The predicted molar refractivity (Wildman–Crippen MR) is 99.9 cm³/mol. The number of hydrogen-bond donors (Lipinski definition) is 1. The third kappa shape index (κ3) is 4.86. The fourth-order valence-corrected chi connectivity index (χ4v) is 3.56. The summed E-state index contributed by atoms with van der Waals surface area (Å²) in [7, 11) is 0. The molecule has 0 saturated heterocycles. The molecule has 8 heteroatoms. The van der Waals surface area contributed by atoms with Crippen molar-refractivity contribution in [1.29, 1.82) is 0 Å². The largest absolute Gasteiger partial charge is 0.322 e. The number of hydrogen-bond acceptors (Lipinski definition) is 2. The Morgan fingerprint density at radius 3 is 2.35 bits per heavy atom. The Kier molecular flexibility index (Phi) is 6.03. The SMILES string of the molecule is O=C(CN(Cc1ccc(F)cc1F)C1CC1)Nc1c(Cl)cc(Cl)cc1Cl. The van der Waals surface area contributed by atoms with Crippen LogP contribution in [-0.2, 0) is 11.3 Å². The summed E-state index contributed by atoms with van der Waals surface area (Å²) in [6, 6.07) is 6.60. The van der Waals surface area contributed by atoms with Crippen LogP contribution in [0.25, 0.3) is 0 Å². The number of carbonyl (C=O) groups excluding carboxylic acids is 1. The van der Waals surface area contributed by atoms with Gasteiger partial charge in [-0.1, -0.05) is 40.9 Å².